The topological polar surface area (TPSA) is 96.0 Å². The zero-order valence-corrected chi connectivity index (χ0v) is 22.4. The molecule has 2 aromatic rings. The first-order valence-electron chi connectivity index (χ1n) is 11.5. The van der Waals surface area contributed by atoms with Gasteiger partial charge in [0.2, 0.25) is 21.8 Å². The first-order valence-corrected chi connectivity index (χ1v) is 13.7. The number of nitrogens with zero attached hydrogens (tertiary/aromatic N) is 2. The van der Waals surface area contributed by atoms with E-state index < -0.39 is 28.5 Å². The second kappa shape index (κ2) is 12.8. The number of hydrogen-bond acceptors (Lipinski definition) is 5. The summed E-state index contributed by atoms with van der Waals surface area (Å²) in [5.74, 6) is -0.383. The number of rotatable bonds is 12. The first-order chi connectivity index (χ1) is 16.5. The van der Waals surface area contributed by atoms with Gasteiger partial charge in [0, 0.05) is 13.1 Å². The minimum atomic E-state index is -3.84. The third-order valence-electron chi connectivity index (χ3n) is 5.47. The molecule has 2 amide bonds. The fourth-order valence-electron chi connectivity index (χ4n) is 3.72. The Labute approximate surface area is 213 Å². The molecule has 0 fully saturated rings. The lowest BCUT2D eigenvalue weighted by Crippen LogP contribution is -2.52. The summed E-state index contributed by atoms with van der Waals surface area (Å²) in [7, 11) is -2.39. The van der Waals surface area contributed by atoms with Gasteiger partial charge in [-0.1, -0.05) is 55.3 Å². The minimum absolute atomic E-state index is 0.166. The molecule has 0 aliphatic heterocycles. The van der Waals surface area contributed by atoms with Crippen molar-refractivity contribution in [3.05, 3.63) is 58.6 Å². The van der Waals surface area contributed by atoms with Gasteiger partial charge in [0.25, 0.3) is 0 Å². The molecule has 0 saturated carbocycles. The molecule has 0 aromatic heterocycles. The summed E-state index contributed by atoms with van der Waals surface area (Å²) in [6, 6.07) is 11.4. The zero-order valence-electron chi connectivity index (χ0n) is 20.9. The van der Waals surface area contributed by atoms with Gasteiger partial charge in [0.1, 0.15) is 18.3 Å². The molecule has 10 heteroatoms. The molecule has 0 radical (unpaired) electrons. The lowest BCUT2D eigenvalue weighted by molar-refractivity contribution is -0.140. The normalized spacial score (nSPS) is 12.1. The fourth-order valence-corrected chi connectivity index (χ4v) is 4.81. The van der Waals surface area contributed by atoms with Crippen LogP contribution in [0.25, 0.3) is 0 Å². The van der Waals surface area contributed by atoms with Crippen molar-refractivity contribution in [3.63, 3.8) is 0 Å². The van der Waals surface area contributed by atoms with Gasteiger partial charge in [0.05, 0.1) is 24.1 Å². The molecular weight excluding hydrogens is 490 g/mol. The van der Waals surface area contributed by atoms with Crippen molar-refractivity contribution in [1.82, 2.24) is 10.2 Å². The number of carbonyl (C=O) groups excluding carboxylic acids is 2. The Morgan fingerprint density at radius 1 is 1.14 bits per heavy atom. The Hall–Kier alpha value is -2.78. The van der Waals surface area contributed by atoms with E-state index in [1.807, 2.05) is 45.0 Å². The number of sulfonamides is 1. The molecule has 0 aliphatic carbocycles. The summed E-state index contributed by atoms with van der Waals surface area (Å²) in [6.07, 6.45) is 2.16. The van der Waals surface area contributed by atoms with Crippen LogP contribution in [0.1, 0.15) is 37.8 Å². The summed E-state index contributed by atoms with van der Waals surface area (Å²) in [4.78, 5) is 28.0. The maximum absolute atomic E-state index is 13.6. The number of carbonyl (C=O) groups is 2. The Morgan fingerprint density at radius 3 is 2.40 bits per heavy atom. The molecular formula is C25H34ClN3O5S. The van der Waals surface area contributed by atoms with E-state index in [4.69, 9.17) is 16.3 Å². The van der Waals surface area contributed by atoms with Crippen molar-refractivity contribution < 1.29 is 22.7 Å². The third-order valence-corrected chi connectivity index (χ3v) is 6.91. The summed E-state index contributed by atoms with van der Waals surface area (Å²) < 4.78 is 31.5. The number of nitrogens with one attached hydrogen (secondary N) is 1. The molecule has 8 nitrogen and oxygen atoms in total. The molecule has 0 bridgehead atoms. The third kappa shape index (κ3) is 7.86. The first kappa shape index (κ1) is 28.5. The Balaban J connectivity index is 2.45. The number of benzene rings is 2. The van der Waals surface area contributed by atoms with Crippen LogP contribution in [0.5, 0.6) is 5.75 Å². The molecule has 0 heterocycles. The van der Waals surface area contributed by atoms with Crippen LogP contribution < -0.4 is 14.4 Å². The van der Waals surface area contributed by atoms with Gasteiger partial charge in [0.15, 0.2) is 0 Å². The minimum Gasteiger partial charge on any atom is -0.495 e. The lowest BCUT2D eigenvalue weighted by Gasteiger charge is -2.33. The monoisotopic (exact) mass is 523 g/mol. The van der Waals surface area contributed by atoms with Crippen molar-refractivity contribution in [1.29, 1.82) is 0 Å². The van der Waals surface area contributed by atoms with E-state index in [1.165, 1.54) is 30.2 Å². The van der Waals surface area contributed by atoms with Crippen molar-refractivity contribution in [2.75, 3.05) is 30.8 Å². The standard InChI is InChI=1S/C25H34ClN3O5S/c1-6-13-27-25(31)22(7-2)28(16-19-10-8-9-18(3)14-19)24(30)17-29(35(5,32)33)20-11-12-23(34-4)21(26)15-20/h8-12,14-15,22H,6-7,13,16-17H2,1-5H3,(H,27,31)/t22-/m1/s1. The second-order valence-electron chi connectivity index (χ2n) is 8.31. The van der Waals surface area contributed by atoms with Gasteiger partial charge in [-0.2, -0.15) is 0 Å². The molecule has 0 unspecified atom stereocenters. The maximum atomic E-state index is 13.6. The van der Waals surface area contributed by atoms with Gasteiger partial charge in [-0.3, -0.25) is 13.9 Å². The molecule has 2 aromatic carbocycles. The number of hydrogen-bond donors (Lipinski definition) is 1. The highest BCUT2D eigenvalue weighted by atomic mass is 35.5. The Bertz CT molecular complexity index is 1140. The Kier molecular flexibility index (Phi) is 10.4. The van der Waals surface area contributed by atoms with Crippen molar-refractivity contribution in [3.8, 4) is 5.75 Å². The van der Waals surface area contributed by atoms with Gasteiger partial charge in [-0.05, 0) is 43.5 Å². The highest BCUT2D eigenvalue weighted by Gasteiger charge is 2.31. The van der Waals surface area contributed by atoms with Crippen LogP contribution in [-0.2, 0) is 26.2 Å². The number of aryl methyl sites for hydroxylation is 1. The van der Waals surface area contributed by atoms with Gasteiger partial charge in [-0.25, -0.2) is 8.42 Å². The van der Waals surface area contributed by atoms with E-state index in [9.17, 15) is 18.0 Å². The molecule has 35 heavy (non-hydrogen) atoms. The van der Waals surface area contributed by atoms with E-state index in [0.717, 1.165) is 28.1 Å². The van der Waals surface area contributed by atoms with Gasteiger partial charge in [-0.15, -0.1) is 0 Å². The van der Waals surface area contributed by atoms with Crippen LogP contribution in [0, 0.1) is 6.92 Å². The highest BCUT2D eigenvalue weighted by Crippen LogP contribution is 2.30. The van der Waals surface area contributed by atoms with E-state index in [2.05, 4.69) is 5.32 Å². The van der Waals surface area contributed by atoms with Crippen molar-refractivity contribution in [2.24, 2.45) is 0 Å². The molecule has 192 valence electrons. The van der Waals surface area contributed by atoms with Crippen LogP contribution in [0.4, 0.5) is 5.69 Å². The van der Waals surface area contributed by atoms with Gasteiger partial charge >= 0.3 is 0 Å². The average molecular weight is 524 g/mol. The summed E-state index contributed by atoms with van der Waals surface area (Å²) in [6.45, 7) is 5.89. The van der Waals surface area contributed by atoms with E-state index in [1.54, 1.807) is 0 Å². The SMILES string of the molecule is CCCNC(=O)[C@@H](CC)N(Cc1cccc(C)c1)C(=O)CN(c1ccc(OC)c(Cl)c1)S(C)(=O)=O. The molecule has 2 rings (SSSR count). The summed E-state index contributed by atoms with van der Waals surface area (Å²) in [5, 5.41) is 3.07. The number of amides is 2. The number of methoxy groups -OCH3 is 1. The quantitative estimate of drug-likeness (QED) is 0.457. The second-order valence-corrected chi connectivity index (χ2v) is 10.6. The lowest BCUT2D eigenvalue weighted by atomic mass is 10.1. The van der Waals surface area contributed by atoms with Crippen LogP contribution in [0.15, 0.2) is 42.5 Å². The summed E-state index contributed by atoms with van der Waals surface area (Å²) >= 11 is 6.21. The van der Waals surface area contributed by atoms with E-state index in [-0.39, 0.29) is 23.2 Å². The molecule has 1 N–H and O–H groups in total. The molecule has 0 saturated heterocycles. The predicted octanol–water partition coefficient (Wildman–Crippen LogP) is 3.76. The van der Waals surface area contributed by atoms with Crippen molar-refractivity contribution >= 4 is 39.1 Å². The van der Waals surface area contributed by atoms with E-state index in [0.29, 0.717) is 18.7 Å². The average Bonchev–Trinajstić information content (AvgIpc) is 2.80. The van der Waals surface area contributed by atoms with E-state index >= 15 is 0 Å². The number of ether oxygens (including phenoxy) is 1. The molecule has 0 spiro atoms. The maximum Gasteiger partial charge on any atom is 0.244 e. The van der Waals surface area contributed by atoms with Crippen LogP contribution in [0.2, 0.25) is 5.02 Å². The van der Waals surface area contributed by atoms with Gasteiger partial charge < -0.3 is 15.0 Å². The molecule has 0 aliphatic rings. The van der Waals surface area contributed by atoms with Crippen LogP contribution in [-0.4, -0.2) is 57.6 Å². The fraction of sp³-hybridized carbons (Fsp3) is 0.440. The van der Waals surface area contributed by atoms with Crippen LogP contribution in [0.3, 0.4) is 0 Å². The number of halogens is 1. The predicted molar refractivity (Wildman–Crippen MR) is 139 cm³/mol. The molecule has 1 atom stereocenters. The van der Waals surface area contributed by atoms with Crippen LogP contribution >= 0.6 is 11.6 Å². The highest BCUT2D eigenvalue weighted by molar-refractivity contribution is 7.92. The zero-order chi connectivity index (χ0) is 26.2. The number of anilines is 1. The summed E-state index contributed by atoms with van der Waals surface area (Å²) in [5.41, 5.74) is 2.09. The largest absolute Gasteiger partial charge is 0.495 e. The van der Waals surface area contributed by atoms with Crippen molar-refractivity contribution in [2.45, 2.75) is 46.2 Å². The smallest absolute Gasteiger partial charge is 0.244 e. The Morgan fingerprint density at radius 2 is 1.86 bits per heavy atom.